The predicted octanol–water partition coefficient (Wildman–Crippen LogP) is 3.91. The van der Waals surface area contributed by atoms with Crippen molar-refractivity contribution in [2.75, 3.05) is 29.4 Å². The molecule has 0 spiro atoms. The first-order chi connectivity index (χ1) is 12.2. The fraction of sp³-hybridized carbons (Fsp3) is 0.429. The van der Waals surface area contributed by atoms with Crippen molar-refractivity contribution in [2.45, 2.75) is 32.6 Å². The number of hydrogen-bond acceptors (Lipinski definition) is 3. The third kappa shape index (κ3) is 3.26. The van der Waals surface area contributed by atoms with Crippen LogP contribution in [0.1, 0.15) is 42.2 Å². The van der Waals surface area contributed by atoms with E-state index >= 15 is 0 Å². The quantitative estimate of drug-likeness (QED) is 0.835. The number of carbonyl (C=O) groups is 1. The van der Waals surface area contributed by atoms with Crippen LogP contribution in [-0.2, 0) is 6.42 Å². The minimum absolute atomic E-state index is 0.00552. The smallest absolute Gasteiger partial charge is 0.276 e. The predicted molar refractivity (Wildman–Crippen MR) is 101 cm³/mol. The molecular weight excluding hydrogens is 310 g/mol. The van der Waals surface area contributed by atoms with Gasteiger partial charge in [-0.25, -0.2) is 4.98 Å². The molecule has 0 radical (unpaired) electrons. The maximum atomic E-state index is 12.9. The summed E-state index contributed by atoms with van der Waals surface area (Å²) in [7, 11) is 0. The zero-order valence-electron chi connectivity index (χ0n) is 14.8. The van der Waals surface area contributed by atoms with Crippen molar-refractivity contribution in [1.29, 1.82) is 0 Å². The zero-order valence-corrected chi connectivity index (χ0v) is 14.8. The van der Waals surface area contributed by atoms with Crippen molar-refractivity contribution in [3.63, 3.8) is 0 Å². The van der Waals surface area contributed by atoms with E-state index in [0.29, 0.717) is 5.69 Å². The van der Waals surface area contributed by atoms with E-state index in [4.69, 9.17) is 0 Å². The van der Waals surface area contributed by atoms with E-state index in [9.17, 15) is 4.79 Å². The van der Waals surface area contributed by atoms with Gasteiger partial charge in [-0.05, 0) is 55.4 Å². The highest BCUT2D eigenvalue weighted by molar-refractivity contribution is 6.05. The first-order valence-corrected chi connectivity index (χ1v) is 9.33. The second-order valence-electron chi connectivity index (χ2n) is 7.26. The van der Waals surface area contributed by atoms with E-state index in [-0.39, 0.29) is 5.91 Å². The molecule has 0 saturated carbocycles. The summed E-state index contributed by atoms with van der Waals surface area (Å²) in [6.07, 6.45) is 6.36. The molecule has 2 aliphatic heterocycles. The number of fused-ring (bicyclic) bond motifs is 1. The first-order valence-electron chi connectivity index (χ1n) is 9.33. The summed E-state index contributed by atoms with van der Waals surface area (Å²) < 4.78 is 0. The number of amides is 1. The normalized spacial score (nSPS) is 18.1. The van der Waals surface area contributed by atoms with E-state index < -0.39 is 0 Å². The Morgan fingerprint density at radius 3 is 2.64 bits per heavy atom. The number of nitrogens with zero attached hydrogens (tertiary/aromatic N) is 3. The van der Waals surface area contributed by atoms with Gasteiger partial charge in [-0.1, -0.05) is 25.1 Å². The third-order valence-corrected chi connectivity index (χ3v) is 5.47. The monoisotopic (exact) mass is 335 g/mol. The largest absolute Gasteiger partial charge is 0.370 e. The second-order valence-corrected chi connectivity index (χ2v) is 7.26. The van der Waals surface area contributed by atoms with Crippen molar-refractivity contribution in [2.24, 2.45) is 5.92 Å². The number of rotatable bonds is 2. The van der Waals surface area contributed by atoms with Crippen LogP contribution in [0.25, 0.3) is 0 Å². The number of aryl methyl sites for hydroxylation is 1. The van der Waals surface area contributed by atoms with Crippen LogP contribution in [0.3, 0.4) is 0 Å². The topological polar surface area (TPSA) is 36.4 Å². The number of piperidine rings is 1. The zero-order chi connectivity index (χ0) is 17.2. The number of benzene rings is 1. The average Bonchev–Trinajstić information content (AvgIpc) is 2.68. The summed E-state index contributed by atoms with van der Waals surface area (Å²) in [6.45, 7) is 5.24. The Kier molecular flexibility index (Phi) is 4.43. The fourth-order valence-electron chi connectivity index (χ4n) is 3.85. The number of aromatic nitrogens is 1. The SMILES string of the molecule is CC1CCN(c2ccc(C(=O)N3CCCc4ccccc43)nc2)CC1. The lowest BCUT2D eigenvalue weighted by Gasteiger charge is -2.32. The van der Waals surface area contributed by atoms with Gasteiger partial charge in [0.05, 0.1) is 11.9 Å². The lowest BCUT2D eigenvalue weighted by molar-refractivity contribution is 0.0980. The summed E-state index contributed by atoms with van der Waals surface area (Å²) >= 11 is 0. The first kappa shape index (κ1) is 16.1. The standard InChI is InChI=1S/C21H25N3O/c1-16-10-13-23(14-11-16)18-8-9-19(22-15-18)21(25)24-12-4-6-17-5-2-3-7-20(17)24/h2-3,5,7-9,15-16H,4,6,10-14H2,1H3. The highest BCUT2D eigenvalue weighted by atomic mass is 16.2. The molecule has 1 amide bonds. The molecule has 2 aliphatic rings. The molecule has 0 bridgehead atoms. The molecule has 1 aromatic carbocycles. The molecule has 1 saturated heterocycles. The van der Waals surface area contributed by atoms with Gasteiger partial charge in [0.15, 0.2) is 0 Å². The molecule has 0 N–H and O–H groups in total. The third-order valence-electron chi connectivity index (χ3n) is 5.47. The summed E-state index contributed by atoms with van der Waals surface area (Å²) in [4.78, 5) is 21.7. The molecule has 4 rings (SSSR count). The van der Waals surface area contributed by atoms with Gasteiger partial charge in [-0.15, -0.1) is 0 Å². The molecule has 4 nitrogen and oxygen atoms in total. The van der Waals surface area contributed by atoms with Crippen LogP contribution < -0.4 is 9.80 Å². The van der Waals surface area contributed by atoms with Crippen LogP contribution in [0.15, 0.2) is 42.6 Å². The Hall–Kier alpha value is -2.36. The van der Waals surface area contributed by atoms with E-state index in [1.54, 1.807) is 0 Å². The molecule has 1 fully saturated rings. The lowest BCUT2D eigenvalue weighted by Crippen LogP contribution is -2.36. The van der Waals surface area contributed by atoms with E-state index in [2.05, 4.69) is 22.9 Å². The van der Waals surface area contributed by atoms with E-state index in [1.165, 1.54) is 18.4 Å². The van der Waals surface area contributed by atoms with Gasteiger partial charge in [-0.2, -0.15) is 0 Å². The molecule has 130 valence electrons. The number of pyridine rings is 1. The summed E-state index contributed by atoms with van der Waals surface area (Å²) in [5.41, 5.74) is 3.95. The highest BCUT2D eigenvalue weighted by Gasteiger charge is 2.24. The minimum Gasteiger partial charge on any atom is -0.370 e. The van der Waals surface area contributed by atoms with Gasteiger partial charge in [0.25, 0.3) is 5.91 Å². The number of hydrogen-bond donors (Lipinski definition) is 0. The molecule has 25 heavy (non-hydrogen) atoms. The molecular formula is C21H25N3O. The Morgan fingerprint density at radius 1 is 1.08 bits per heavy atom. The van der Waals surface area contributed by atoms with Crippen molar-refractivity contribution in [3.8, 4) is 0 Å². The molecule has 0 unspecified atom stereocenters. The van der Waals surface area contributed by atoms with Crippen molar-refractivity contribution in [1.82, 2.24) is 4.98 Å². The Bertz CT molecular complexity index is 748. The molecule has 0 aliphatic carbocycles. The van der Waals surface area contributed by atoms with Gasteiger partial charge < -0.3 is 9.80 Å². The maximum Gasteiger partial charge on any atom is 0.276 e. The highest BCUT2D eigenvalue weighted by Crippen LogP contribution is 2.28. The Balaban J connectivity index is 1.52. The van der Waals surface area contributed by atoms with Gasteiger partial charge in [0.1, 0.15) is 5.69 Å². The molecule has 3 heterocycles. The summed E-state index contributed by atoms with van der Waals surface area (Å²) in [6, 6.07) is 12.1. The molecule has 1 aromatic heterocycles. The number of carbonyl (C=O) groups excluding carboxylic acids is 1. The Morgan fingerprint density at radius 2 is 1.88 bits per heavy atom. The molecule has 4 heteroatoms. The minimum atomic E-state index is 0.00552. The van der Waals surface area contributed by atoms with Crippen LogP contribution in [0, 0.1) is 5.92 Å². The summed E-state index contributed by atoms with van der Waals surface area (Å²) in [5.74, 6) is 0.815. The average molecular weight is 335 g/mol. The maximum absolute atomic E-state index is 12.9. The van der Waals surface area contributed by atoms with Gasteiger partial charge in [-0.3, -0.25) is 4.79 Å². The van der Waals surface area contributed by atoms with Gasteiger partial charge in [0.2, 0.25) is 0 Å². The van der Waals surface area contributed by atoms with Crippen LogP contribution in [0.2, 0.25) is 0 Å². The molecule has 0 atom stereocenters. The van der Waals surface area contributed by atoms with Gasteiger partial charge in [0, 0.05) is 25.3 Å². The lowest BCUT2D eigenvalue weighted by atomic mass is 9.99. The van der Waals surface area contributed by atoms with Crippen molar-refractivity contribution >= 4 is 17.3 Å². The second kappa shape index (κ2) is 6.87. The number of anilines is 2. The van der Waals surface area contributed by atoms with Crippen LogP contribution in [0.4, 0.5) is 11.4 Å². The van der Waals surface area contributed by atoms with E-state index in [1.807, 2.05) is 41.4 Å². The van der Waals surface area contributed by atoms with Crippen LogP contribution >= 0.6 is 0 Å². The van der Waals surface area contributed by atoms with Crippen molar-refractivity contribution < 1.29 is 4.79 Å². The van der Waals surface area contributed by atoms with Gasteiger partial charge >= 0.3 is 0 Å². The molecule has 2 aromatic rings. The summed E-state index contributed by atoms with van der Waals surface area (Å²) in [5, 5.41) is 0. The van der Waals surface area contributed by atoms with E-state index in [0.717, 1.165) is 49.8 Å². The fourth-order valence-corrected chi connectivity index (χ4v) is 3.85. The van der Waals surface area contributed by atoms with Crippen LogP contribution in [-0.4, -0.2) is 30.5 Å². The van der Waals surface area contributed by atoms with Crippen LogP contribution in [0.5, 0.6) is 0 Å². The number of para-hydroxylation sites is 1. The van der Waals surface area contributed by atoms with Crippen molar-refractivity contribution in [3.05, 3.63) is 53.9 Å². The Labute approximate surface area is 149 Å².